The highest BCUT2D eigenvalue weighted by Crippen LogP contribution is 1.99. The van der Waals surface area contributed by atoms with Crippen molar-refractivity contribution >= 4 is 5.91 Å². The summed E-state index contributed by atoms with van der Waals surface area (Å²) < 4.78 is 0. The Hall–Kier alpha value is -1.29. The zero-order valence-corrected chi connectivity index (χ0v) is 7.79. The van der Waals surface area contributed by atoms with E-state index in [-0.39, 0.29) is 12.5 Å². The summed E-state index contributed by atoms with van der Waals surface area (Å²) in [6.45, 7) is 3.52. The zero-order valence-electron chi connectivity index (χ0n) is 7.79. The molecule has 0 radical (unpaired) electrons. The third kappa shape index (κ3) is 3.29. The SMILES string of the molecule is CC(C)(O)CNC(=O)c1ccc[nH]1. The van der Waals surface area contributed by atoms with E-state index < -0.39 is 5.60 Å². The van der Waals surface area contributed by atoms with Crippen LogP contribution in [0, 0.1) is 0 Å². The molecular weight excluding hydrogens is 168 g/mol. The van der Waals surface area contributed by atoms with Crippen LogP contribution in [0.2, 0.25) is 0 Å². The van der Waals surface area contributed by atoms with Gasteiger partial charge in [-0.2, -0.15) is 0 Å². The summed E-state index contributed by atoms with van der Waals surface area (Å²) in [6, 6.07) is 3.43. The molecule has 1 aromatic rings. The maximum Gasteiger partial charge on any atom is 0.267 e. The number of carbonyl (C=O) groups excluding carboxylic acids is 1. The molecule has 1 heterocycles. The van der Waals surface area contributed by atoms with E-state index in [4.69, 9.17) is 0 Å². The summed E-state index contributed by atoms with van der Waals surface area (Å²) in [7, 11) is 0. The monoisotopic (exact) mass is 182 g/mol. The molecule has 1 amide bonds. The van der Waals surface area contributed by atoms with Crippen molar-refractivity contribution in [2.75, 3.05) is 6.54 Å². The van der Waals surface area contributed by atoms with E-state index in [0.717, 1.165) is 0 Å². The Labute approximate surface area is 77.0 Å². The second kappa shape index (κ2) is 3.62. The number of amides is 1. The van der Waals surface area contributed by atoms with Gasteiger partial charge in [0.05, 0.1) is 5.60 Å². The first-order chi connectivity index (χ1) is 5.99. The summed E-state index contributed by atoms with van der Waals surface area (Å²) in [5.74, 6) is -0.202. The van der Waals surface area contributed by atoms with E-state index in [9.17, 15) is 9.90 Å². The first-order valence-electron chi connectivity index (χ1n) is 4.13. The van der Waals surface area contributed by atoms with Crippen molar-refractivity contribution in [3.05, 3.63) is 24.0 Å². The highest BCUT2D eigenvalue weighted by atomic mass is 16.3. The van der Waals surface area contributed by atoms with Crippen LogP contribution in [-0.4, -0.2) is 28.1 Å². The molecule has 1 aromatic heterocycles. The molecule has 1 rings (SSSR count). The number of aromatic amines is 1. The van der Waals surface area contributed by atoms with Crippen molar-refractivity contribution in [3.8, 4) is 0 Å². The minimum absolute atomic E-state index is 0.202. The van der Waals surface area contributed by atoms with Gasteiger partial charge >= 0.3 is 0 Å². The molecule has 0 atom stereocenters. The molecule has 0 fully saturated rings. The van der Waals surface area contributed by atoms with Gasteiger partial charge in [0.2, 0.25) is 0 Å². The molecule has 0 unspecified atom stereocenters. The molecule has 0 saturated heterocycles. The number of hydrogen-bond acceptors (Lipinski definition) is 2. The number of aliphatic hydroxyl groups is 1. The Bertz CT molecular complexity index is 272. The van der Waals surface area contributed by atoms with Crippen LogP contribution < -0.4 is 5.32 Å². The fourth-order valence-corrected chi connectivity index (χ4v) is 0.863. The fraction of sp³-hybridized carbons (Fsp3) is 0.444. The molecule has 0 aromatic carbocycles. The molecule has 0 aliphatic carbocycles. The summed E-state index contributed by atoms with van der Waals surface area (Å²) >= 11 is 0. The lowest BCUT2D eigenvalue weighted by molar-refractivity contribution is 0.0692. The van der Waals surface area contributed by atoms with Crippen molar-refractivity contribution in [1.82, 2.24) is 10.3 Å². The van der Waals surface area contributed by atoms with Gasteiger partial charge in [0.1, 0.15) is 5.69 Å². The number of rotatable bonds is 3. The van der Waals surface area contributed by atoms with Crippen molar-refractivity contribution < 1.29 is 9.90 Å². The first kappa shape index (κ1) is 9.80. The molecule has 0 bridgehead atoms. The third-order valence-corrected chi connectivity index (χ3v) is 1.52. The topological polar surface area (TPSA) is 65.1 Å². The lowest BCUT2D eigenvalue weighted by atomic mass is 10.1. The van der Waals surface area contributed by atoms with Crippen LogP contribution in [0.15, 0.2) is 18.3 Å². The summed E-state index contributed by atoms with van der Waals surface area (Å²) in [5.41, 5.74) is -0.369. The standard InChI is InChI=1S/C9H14N2O2/c1-9(2,13)6-11-8(12)7-4-3-5-10-7/h3-5,10,13H,6H2,1-2H3,(H,11,12). The highest BCUT2D eigenvalue weighted by Gasteiger charge is 2.14. The zero-order chi connectivity index (χ0) is 9.90. The Morgan fingerprint density at radius 2 is 2.38 bits per heavy atom. The maximum atomic E-state index is 11.3. The number of aromatic nitrogens is 1. The van der Waals surface area contributed by atoms with Crippen LogP contribution in [0.3, 0.4) is 0 Å². The molecule has 0 aliphatic rings. The number of carbonyl (C=O) groups is 1. The largest absolute Gasteiger partial charge is 0.389 e. The molecular formula is C9H14N2O2. The van der Waals surface area contributed by atoms with Crippen LogP contribution in [0.4, 0.5) is 0 Å². The fourth-order valence-electron chi connectivity index (χ4n) is 0.863. The van der Waals surface area contributed by atoms with E-state index in [1.807, 2.05) is 0 Å². The predicted octanol–water partition coefficient (Wildman–Crippen LogP) is 0.515. The van der Waals surface area contributed by atoms with E-state index >= 15 is 0 Å². The van der Waals surface area contributed by atoms with Gasteiger partial charge in [-0.05, 0) is 26.0 Å². The van der Waals surface area contributed by atoms with Crippen LogP contribution in [0.25, 0.3) is 0 Å². The van der Waals surface area contributed by atoms with Gasteiger partial charge in [-0.3, -0.25) is 4.79 Å². The van der Waals surface area contributed by atoms with Crippen LogP contribution in [0.1, 0.15) is 24.3 Å². The van der Waals surface area contributed by atoms with Gasteiger partial charge < -0.3 is 15.4 Å². The lowest BCUT2D eigenvalue weighted by Crippen LogP contribution is -2.38. The van der Waals surface area contributed by atoms with Gasteiger partial charge in [0.15, 0.2) is 0 Å². The molecule has 3 N–H and O–H groups in total. The summed E-state index contributed by atoms with van der Waals surface area (Å²) in [4.78, 5) is 14.1. The quantitative estimate of drug-likeness (QED) is 0.638. The second-order valence-corrected chi connectivity index (χ2v) is 3.58. The number of H-pyrrole nitrogens is 1. The molecule has 4 heteroatoms. The van der Waals surface area contributed by atoms with E-state index in [1.165, 1.54) is 0 Å². The Balaban J connectivity index is 2.44. The van der Waals surface area contributed by atoms with Gasteiger partial charge in [-0.25, -0.2) is 0 Å². The van der Waals surface area contributed by atoms with Gasteiger partial charge in [0, 0.05) is 12.7 Å². The van der Waals surface area contributed by atoms with Crippen LogP contribution >= 0.6 is 0 Å². The van der Waals surface area contributed by atoms with Crippen molar-refractivity contribution in [1.29, 1.82) is 0 Å². The predicted molar refractivity (Wildman–Crippen MR) is 49.4 cm³/mol. The average Bonchev–Trinajstić information content (AvgIpc) is 2.50. The van der Waals surface area contributed by atoms with E-state index in [0.29, 0.717) is 5.69 Å². The second-order valence-electron chi connectivity index (χ2n) is 3.58. The van der Waals surface area contributed by atoms with Crippen molar-refractivity contribution in [2.45, 2.75) is 19.4 Å². The minimum Gasteiger partial charge on any atom is -0.389 e. The van der Waals surface area contributed by atoms with Gasteiger partial charge in [-0.15, -0.1) is 0 Å². The maximum absolute atomic E-state index is 11.3. The lowest BCUT2D eigenvalue weighted by Gasteiger charge is -2.17. The third-order valence-electron chi connectivity index (χ3n) is 1.52. The molecule has 0 aliphatic heterocycles. The van der Waals surface area contributed by atoms with Crippen LogP contribution in [0.5, 0.6) is 0 Å². The van der Waals surface area contributed by atoms with E-state index in [1.54, 1.807) is 32.2 Å². The minimum atomic E-state index is -0.873. The Morgan fingerprint density at radius 1 is 1.69 bits per heavy atom. The molecule has 0 spiro atoms. The molecule has 4 nitrogen and oxygen atoms in total. The molecule has 72 valence electrons. The normalized spacial score (nSPS) is 11.3. The summed E-state index contributed by atoms with van der Waals surface area (Å²) in [6.07, 6.45) is 1.68. The number of hydrogen-bond donors (Lipinski definition) is 3. The Morgan fingerprint density at radius 3 is 2.85 bits per heavy atom. The smallest absolute Gasteiger partial charge is 0.267 e. The highest BCUT2D eigenvalue weighted by molar-refractivity contribution is 5.92. The van der Waals surface area contributed by atoms with Crippen LogP contribution in [-0.2, 0) is 0 Å². The number of nitrogens with one attached hydrogen (secondary N) is 2. The Kier molecular flexibility index (Phi) is 2.72. The van der Waals surface area contributed by atoms with Crippen molar-refractivity contribution in [3.63, 3.8) is 0 Å². The molecule has 0 saturated carbocycles. The molecule has 13 heavy (non-hydrogen) atoms. The average molecular weight is 182 g/mol. The first-order valence-corrected chi connectivity index (χ1v) is 4.13. The summed E-state index contributed by atoms with van der Waals surface area (Å²) in [5, 5.41) is 11.9. The van der Waals surface area contributed by atoms with Crippen molar-refractivity contribution in [2.24, 2.45) is 0 Å². The van der Waals surface area contributed by atoms with Gasteiger partial charge in [0.25, 0.3) is 5.91 Å². The van der Waals surface area contributed by atoms with Gasteiger partial charge in [-0.1, -0.05) is 0 Å². The van der Waals surface area contributed by atoms with E-state index in [2.05, 4.69) is 10.3 Å².